The van der Waals surface area contributed by atoms with Crippen molar-refractivity contribution in [3.05, 3.63) is 64.2 Å². The number of H-pyrrole nitrogens is 1. The van der Waals surface area contributed by atoms with Gasteiger partial charge < -0.3 is 14.8 Å². The van der Waals surface area contributed by atoms with Crippen LogP contribution in [0.25, 0.3) is 16.6 Å². The second kappa shape index (κ2) is 13.0. The monoisotopic (exact) mass is 517 g/mol. The Morgan fingerprint density at radius 1 is 1.33 bits per heavy atom. The average molecular weight is 518 g/mol. The van der Waals surface area contributed by atoms with Gasteiger partial charge in [-0.3, -0.25) is 9.38 Å². The maximum absolute atomic E-state index is 14.2. The molecule has 1 aliphatic carbocycles. The van der Waals surface area contributed by atoms with Crippen molar-refractivity contribution in [2.24, 2.45) is 10.9 Å². The molecular formula is C28H34ClF2N3O2. The van der Waals surface area contributed by atoms with E-state index in [1.54, 1.807) is 25.7 Å². The topological polar surface area (TPSA) is 70.5 Å². The van der Waals surface area contributed by atoms with Gasteiger partial charge in [0.15, 0.2) is 0 Å². The van der Waals surface area contributed by atoms with E-state index < -0.39 is 18.4 Å². The standard InChI is InChI=1S/C21H20ClF2N3O.C7H14O/c1-4-12(9-25-2)13-7-14-16(11-27-21(14)26-10-13)15(8-23)19-18(28-3)6-5-17(24)20(19)22;1-6-2-4-7(8)5-3-6/h4-7,9-11,15H,8H2,1-3H3,(H,26,27);6-8H,2-5H2,1H3/b12-4+,25-9?;. The Balaban J connectivity index is 0.000000383. The molecule has 0 saturated heterocycles. The molecule has 2 N–H and O–H groups in total. The summed E-state index contributed by atoms with van der Waals surface area (Å²) < 4.78 is 33.6. The Labute approximate surface area is 216 Å². The number of fused-ring (bicyclic) bond motifs is 1. The van der Waals surface area contributed by atoms with E-state index in [-0.39, 0.29) is 16.7 Å². The van der Waals surface area contributed by atoms with E-state index in [2.05, 4.69) is 21.9 Å². The number of aliphatic hydroxyl groups is 1. The highest BCUT2D eigenvalue weighted by Crippen LogP contribution is 2.41. The van der Waals surface area contributed by atoms with Crippen LogP contribution < -0.4 is 4.74 Å². The van der Waals surface area contributed by atoms with E-state index in [1.807, 2.05) is 19.1 Å². The van der Waals surface area contributed by atoms with E-state index >= 15 is 0 Å². The number of aliphatic hydroxyl groups excluding tert-OH is 1. The second-order valence-electron chi connectivity index (χ2n) is 9.09. The normalized spacial score (nSPS) is 19.3. The summed E-state index contributed by atoms with van der Waals surface area (Å²) in [6.45, 7) is 3.39. The van der Waals surface area contributed by atoms with Crippen molar-refractivity contribution in [3.63, 3.8) is 0 Å². The van der Waals surface area contributed by atoms with Crippen LogP contribution in [0, 0.1) is 11.7 Å². The molecule has 2 aromatic heterocycles. The molecule has 0 amide bonds. The first-order valence-corrected chi connectivity index (χ1v) is 12.5. The summed E-state index contributed by atoms with van der Waals surface area (Å²) in [5, 5.41) is 9.61. The predicted molar refractivity (Wildman–Crippen MR) is 144 cm³/mol. The second-order valence-corrected chi connectivity index (χ2v) is 9.47. The molecule has 1 aliphatic rings. The molecule has 194 valence electrons. The summed E-state index contributed by atoms with van der Waals surface area (Å²) >= 11 is 6.19. The van der Waals surface area contributed by atoms with E-state index in [9.17, 15) is 8.78 Å². The first-order valence-electron chi connectivity index (χ1n) is 12.2. The van der Waals surface area contributed by atoms with Crippen LogP contribution in [0.5, 0.6) is 5.75 Å². The molecule has 0 spiro atoms. The van der Waals surface area contributed by atoms with Crippen LogP contribution in [0.1, 0.15) is 62.1 Å². The van der Waals surface area contributed by atoms with Gasteiger partial charge >= 0.3 is 0 Å². The van der Waals surface area contributed by atoms with Crippen LogP contribution in [0.4, 0.5) is 8.78 Å². The van der Waals surface area contributed by atoms with Crippen LogP contribution >= 0.6 is 11.6 Å². The summed E-state index contributed by atoms with van der Waals surface area (Å²) in [7, 11) is 3.13. The van der Waals surface area contributed by atoms with Crippen molar-refractivity contribution in [1.82, 2.24) is 9.97 Å². The molecule has 2 heterocycles. The highest BCUT2D eigenvalue weighted by atomic mass is 35.5. The minimum absolute atomic E-state index is 0.0196. The van der Waals surface area contributed by atoms with Gasteiger partial charge in [-0.05, 0) is 67.9 Å². The molecule has 1 unspecified atom stereocenters. The minimum Gasteiger partial charge on any atom is -0.496 e. The van der Waals surface area contributed by atoms with E-state index in [0.29, 0.717) is 17.0 Å². The Kier molecular flexibility index (Phi) is 10.0. The third kappa shape index (κ3) is 6.31. The summed E-state index contributed by atoms with van der Waals surface area (Å²) in [6.07, 6.45) is 11.6. The van der Waals surface area contributed by atoms with Gasteiger partial charge in [0.05, 0.1) is 18.2 Å². The summed E-state index contributed by atoms with van der Waals surface area (Å²) in [4.78, 5) is 11.5. The van der Waals surface area contributed by atoms with Crippen molar-refractivity contribution in [2.45, 2.75) is 51.6 Å². The Morgan fingerprint density at radius 3 is 2.64 bits per heavy atom. The zero-order valence-corrected chi connectivity index (χ0v) is 21.9. The number of hydrogen-bond acceptors (Lipinski definition) is 4. The van der Waals surface area contributed by atoms with Crippen LogP contribution in [0.2, 0.25) is 5.02 Å². The number of hydrogen-bond donors (Lipinski definition) is 2. The molecule has 36 heavy (non-hydrogen) atoms. The van der Waals surface area contributed by atoms with Gasteiger partial charge in [0, 0.05) is 48.1 Å². The molecule has 4 rings (SSSR count). The lowest BCUT2D eigenvalue weighted by molar-refractivity contribution is 0.112. The molecule has 1 atom stereocenters. The predicted octanol–water partition coefficient (Wildman–Crippen LogP) is 7.13. The van der Waals surface area contributed by atoms with Gasteiger partial charge in [0.1, 0.15) is 23.9 Å². The van der Waals surface area contributed by atoms with Crippen molar-refractivity contribution in [2.75, 3.05) is 20.8 Å². The number of nitrogens with one attached hydrogen (secondary N) is 1. The van der Waals surface area contributed by atoms with Crippen molar-refractivity contribution in [1.29, 1.82) is 0 Å². The van der Waals surface area contributed by atoms with E-state index in [1.165, 1.54) is 32.1 Å². The Hall–Kier alpha value is -2.77. The van der Waals surface area contributed by atoms with Gasteiger partial charge in [0.2, 0.25) is 0 Å². The molecule has 0 bridgehead atoms. The van der Waals surface area contributed by atoms with Gasteiger partial charge in [-0.2, -0.15) is 0 Å². The number of ether oxygens (including phenoxy) is 1. The van der Waals surface area contributed by atoms with Crippen molar-refractivity contribution >= 4 is 34.4 Å². The van der Waals surface area contributed by atoms with Gasteiger partial charge in [-0.1, -0.05) is 24.6 Å². The lowest BCUT2D eigenvalue weighted by atomic mass is 9.89. The number of pyridine rings is 1. The number of aromatic nitrogens is 2. The number of nitrogens with zero attached hydrogens (tertiary/aromatic N) is 2. The first kappa shape index (κ1) is 27.8. The fourth-order valence-corrected chi connectivity index (χ4v) is 4.82. The number of benzene rings is 1. The third-order valence-electron chi connectivity index (χ3n) is 6.65. The fraction of sp³-hybridized carbons (Fsp3) is 0.429. The zero-order chi connectivity index (χ0) is 26.2. The largest absolute Gasteiger partial charge is 0.496 e. The van der Waals surface area contributed by atoms with Gasteiger partial charge in [0.25, 0.3) is 0 Å². The van der Waals surface area contributed by atoms with Crippen LogP contribution in [0.15, 0.2) is 41.7 Å². The summed E-state index contributed by atoms with van der Waals surface area (Å²) in [6, 6.07) is 4.57. The SMILES string of the molecule is C/C=C(\C=NC)c1cnc2[nH]cc(C(CF)c3c(OC)ccc(F)c3Cl)c2c1.CC1CCC(O)CC1. The zero-order valence-electron chi connectivity index (χ0n) is 21.2. The number of alkyl halides is 1. The smallest absolute Gasteiger partial charge is 0.142 e. The van der Waals surface area contributed by atoms with Gasteiger partial charge in [-0.15, -0.1) is 0 Å². The van der Waals surface area contributed by atoms with Crippen molar-refractivity contribution < 1.29 is 18.6 Å². The number of allylic oxidation sites excluding steroid dienone is 2. The van der Waals surface area contributed by atoms with E-state index in [0.717, 1.165) is 35.3 Å². The van der Waals surface area contributed by atoms with Crippen molar-refractivity contribution in [3.8, 4) is 5.75 Å². The molecule has 0 aliphatic heterocycles. The number of aromatic amines is 1. The molecule has 5 nitrogen and oxygen atoms in total. The molecule has 0 radical (unpaired) electrons. The quantitative estimate of drug-likeness (QED) is 0.342. The molecular weight excluding hydrogens is 484 g/mol. The molecule has 8 heteroatoms. The highest BCUT2D eigenvalue weighted by Gasteiger charge is 2.26. The van der Waals surface area contributed by atoms with Crippen LogP contribution in [0.3, 0.4) is 0 Å². The highest BCUT2D eigenvalue weighted by molar-refractivity contribution is 6.31. The van der Waals surface area contributed by atoms with Gasteiger partial charge in [-0.25, -0.2) is 9.37 Å². The maximum atomic E-state index is 14.2. The fourth-order valence-electron chi connectivity index (χ4n) is 4.53. The average Bonchev–Trinajstić information content (AvgIpc) is 3.31. The van der Waals surface area contributed by atoms with E-state index in [4.69, 9.17) is 21.4 Å². The number of halogens is 3. The lowest BCUT2D eigenvalue weighted by Crippen LogP contribution is -2.15. The number of rotatable bonds is 6. The maximum Gasteiger partial charge on any atom is 0.142 e. The summed E-state index contributed by atoms with van der Waals surface area (Å²) in [5.41, 5.74) is 3.24. The summed E-state index contributed by atoms with van der Waals surface area (Å²) in [5.74, 6) is -0.235. The lowest BCUT2D eigenvalue weighted by Gasteiger charge is -2.21. The number of methoxy groups -OCH3 is 1. The molecule has 1 fully saturated rings. The first-order chi connectivity index (χ1) is 17.3. The molecule has 1 saturated carbocycles. The Bertz CT molecular complexity index is 1210. The third-order valence-corrected chi connectivity index (χ3v) is 7.04. The van der Waals surface area contributed by atoms with Crippen LogP contribution in [-0.4, -0.2) is 48.2 Å². The Morgan fingerprint density at radius 2 is 2.06 bits per heavy atom. The minimum atomic E-state index is -0.808. The van der Waals surface area contributed by atoms with Crippen LogP contribution in [-0.2, 0) is 0 Å². The molecule has 1 aromatic carbocycles. The number of aliphatic imine (C=N–C) groups is 1. The molecule has 3 aromatic rings.